The van der Waals surface area contributed by atoms with Gasteiger partial charge in [0.05, 0.1) is 17.4 Å². The summed E-state index contributed by atoms with van der Waals surface area (Å²) in [4.78, 5) is 6.29. The smallest absolute Gasteiger partial charge is 0.101 e. The van der Waals surface area contributed by atoms with Gasteiger partial charge in [0.1, 0.15) is 6.07 Å². The second-order valence-corrected chi connectivity index (χ2v) is 4.61. The summed E-state index contributed by atoms with van der Waals surface area (Å²) in [5, 5.41) is 9.10. The van der Waals surface area contributed by atoms with Gasteiger partial charge in [-0.15, -0.1) is 0 Å². The molecule has 2 N–H and O–H groups in total. The minimum Gasteiger partial charge on any atom is -0.369 e. The van der Waals surface area contributed by atoms with Gasteiger partial charge in [0.25, 0.3) is 0 Å². The fourth-order valence-corrected chi connectivity index (χ4v) is 2.74. The summed E-state index contributed by atoms with van der Waals surface area (Å²) in [7, 11) is 2.04. The number of nitrogens with two attached hydrogens (primary N) is 1. The Kier molecular flexibility index (Phi) is 3.60. The van der Waals surface area contributed by atoms with Crippen LogP contribution in [0.4, 0.5) is 5.69 Å². The van der Waals surface area contributed by atoms with Crippen LogP contribution in [-0.2, 0) is 0 Å². The van der Waals surface area contributed by atoms with Crippen molar-refractivity contribution in [3.8, 4) is 6.07 Å². The SMILES string of the molecule is CN(c1cnccc1C#N)C1CCCC1CN. The van der Waals surface area contributed by atoms with Crippen molar-refractivity contribution < 1.29 is 0 Å². The number of aromatic nitrogens is 1. The number of rotatable bonds is 3. The molecule has 17 heavy (non-hydrogen) atoms. The number of hydrogen-bond donors (Lipinski definition) is 1. The van der Waals surface area contributed by atoms with Crippen molar-refractivity contribution in [1.29, 1.82) is 5.26 Å². The van der Waals surface area contributed by atoms with Crippen molar-refractivity contribution >= 4 is 5.69 Å². The summed E-state index contributed by atoms with van der Waals surface area (Å²) in [5.41, 5.74) is 7.41. The lowest BCUT2D eigenvalue weighted by Crippen LogP contribution is -2.38. The van der Waals surface area contributed by atoms with Crippen LogP contribution in [0.15, 0.2) is 18.5 Å². The molecule has 1 aliphatic carbocycles. The van der Waals surface area contributed by atoms with E-state index in [-0.39, 0.29) is 0 Å². The molecule has 0 amide bonds. The highest BCUT2D eigenvalue weighted by Gasteiger charge is 2.30. The zero-order chi connectivity index (χ0) is 12.3. The molecule has 1 fully saturated rings. The van der Waals surface area contributed by atoms with Gasteiger partial charge in [-0.1, -0.05) is 6.42 Å². The maximum Gasteiger partial charge on any atom is 0.101 e. The topological polar surface area (TPSA) is 65.9 Å². The summed E-state index contributed by atoms with van der Waals surface area (Å²) in [6.07, 6.45) is 6.99. The highest BCUT2D eigenvalue weighted by atomic mass is 15.2. The van der Waals surface area contributed by atoms with Crippen LogP contribution in [0, 0.1) is 17.2 Å². The van der Waals surface area contributed by atoms with E-state index >= 15 is 0 Å². The monoisotopic (exact) mass is 230 g/mol. The standard InChI is InChI=1S/C13H18N4/c1-17(12-4-2-3-10(12)7-14)13-9-16-6-5-11(13)8-15/h5-6,9-10,12H,2-4,7,14H2,1H3. The Morgan fingerprint density at radius 3 is 3.12 bits per heavy atom. The first-order valence-corrected chi connectivity index (χ1v) is 6.05. The van der Waals surface area contributed by atoms with Crippen molar-refractivity contribution in [1.82, 2.24) is 4.98 Å². The quantitative estimate of drug-likeness (QED) is 0.855. The molecule has 1 heterocycles. The van der Waals surface area contributed by atoms with E-state index in [4.69, 9.17) is 11.0 Å². The van der Waals surface area contributed by atoms with Crippen molar-refractivity contribution in [3.05, 3.63) is 24.0 Å². The molecule has 0 aliphatic heterocycles. The van der Waals surface area contributed by atoms with Gasteiger partial charge in [0.15, 0.2) is 0 Å². The third-order valence-corrected chi connectivity index (χ3v) is 3.72. The molecule has 0 spiro atoms. The van der Waals surface area contributed by atoms with Gasteiger partial charge in [0, 0.05) is 19.3 Å². The van der Waals surface area contributed by atoms with E-state index in [0.717, 1.165) is 18.7 Å². The second-order valence-electron chi connectivity index (χ2n) is 4.61. The molecule has 2 atom stereocenters. The molecule has 1 saturated carbocycles. The largest absolute Gasteiger partial charge is 0.369 e. The Bertz CT molecular complexity index is 424. The van der Waals surface area contributed by atoms with Crippen LogP contribution < -0.4 is 10.6 Å². The molecule has 4 nitrogen and oxygen atoms in total. The van der Waals surface area contributed by atoms with Gasteiger partial charge in [-0.25, -0.2) is 0 Å². The summed E-state index contributed by atoms with van der Waals surface area (Å²) in [6.45, 7) is 0.719. The molecular formula is C13H18N4. The van der Waals surface area contributed by atoms with Crippen LogP contribution in [0.25, 0.3) is 0 Å². The van der Waals surface area contributed by atoms with Crippen molar-refractivity contribution in [2.24, 2.45) is 11.7 Å². The number of pyridine rings is 1. The molecule has 0 bridgehead atoms. The highest BCUT2D eigenvalue weighted by molar-refractivity contribution is 5.57. The number of nitriles is 1. The van der Waals surface area contributed by atoms with E-state index in [9.17, 15) is 0 Å². The Morgan fingerprint density at radius 2 is 2.41 bits per heavy atom. The molecule has 0 aromatic carbocycles. The third kappa shape index (κ3) is 2.25. The molecular weight excluding hydrogens is 212 g/mol. The zero-order valence-electron chi connectivity index (χ0n) is 10.1. The van der Waals surface area contributed by atoms with E-state index < -0.39 is 0 Å². The number of hydrogen-bond acceptors (Lipinski definition) is 4. The van der Waals surface area contributed by atoms with Crippen molar-refractivity contribution in [3.63, 3.8) is 0 Å². The molecule has 0 saturated heterocycles. The predicted octanol–water partition coefficient (Wildman–Crippen LogP) is 1.52. The zero-order valence-corrected chi connectivity index (χ0v) is 10.1. The van der Waals surface area contributed by atoms with Gasteiger partial charge in [-0.2, -0.15) is 5.26 Å². The predicted molar refractivity (Wildman–Crippen MR) is 67.5 cm³/mol. The lowest BCUT2D eigenvalue weighted by Gasteiger charge is -2.31. The highest BCUT2D eigenvalue weighted by Crippen LogP contribution is 2.32. The Hall–Kier alpha value is -1.60. The average molecular weight is 230 g/mol. The van der Waals surface area contributed by atoms with Crippen LogP contribution in [0.5, 0.6) is 0 Å². The van der Waals surface area contributed by atoms with Crippen LogP contribution in [0.3, 0.4) is 0 Å². The molecule has 1 aliphatic rings. The van der Waals surface area contributed by atoms with Crippen LogP contribution in [-0.4, -0.2) is 24.6 Å². The van der Waals surface area contributed by atoms with E-state index in [1.54, 1.807) is 18.5 Å². The van der Waals surface area contributed by atoms with E-state index in [1.807, 2.05) is 7.05 Å². The van der Waals surface area contributed by atoms with E-state index in [1.165, 1.54) is 12.8 Å². The molecule has 2 unspecified atom stereocenters. The van der Waals surface area contributed by atoms with Crippen LogP contribution >= 0.6 is 0 Å². The average Bonchev–Trinajstić information content (AvgIpc) is 2.86. The molecule has 1 aromatic heterocycles. The second kappa shape index (κ2) is 5.15. The minimum atomic E-state index is 0.441. The van der Waals surface area contributed by atoms with Crippen molar-refractivity contribution in [2.45, 2.75) is 25.3 Å². The van der Waals surface area contributed by atoms with Gasteiger partial charge in [0.2, 0.25) is 0 Å². The first-order chi connectivity index (χ1) is 8.27. The summed E-state index contributed by atoms with van der Waals surface area (Å²) >= 11 is 0. The van der Waals surface area contributed by atoms with Gasteiger partial charge >= 0.3 is 0 Å². The van der Waals surface area contributed by atoms with Crippen molar-refractivity contribution in [2.75, 3.05) is 18.5 Å². The van der Waals surface area contributed by atoms with Crippen LogP contribution in [0.1, 0.15) is 24.8 Å². The summed E-state index contributed by atoms with van der Waals surface area (Å²) < 4.78 is 0. The maximum atomic E-state index is 9.10. The van der Waals surface area contributed by atoms with Crippen LogP contribution in [0.2, 0.25) is 0 Å². The summed E-state index contributed by atoms with van der Waals surface area (Å²) in [5.74, 6) is 0.534. The fourth-order valence-electron chi connectivity index (χ4n) is 2.74. The summed E-state index contributed by atoms with van der Waals surface area (Å²) in [6, 6.07) is 4.42. The molecule has 90 valence electrons. The Labute approximate surface area is 102 Å². The molecule has 0 radical (unpaired) electrons. The normalized spacial score (nSPS) is 23.4. The molecule has 4 heteroatoms. The Morgan fingerprint density at radius 1 is 1.59 bits per heavy atom. The van der Waals surface area contributed by atoms with Gasteiger partial charge in [-0.05, 0) is 31.4 Å². The fraction of sp³-hybridized carbons (Fsp3) is 0.538. The Balaban J connectivity index is 2.25. The van der Waals surface area contributed by atoms with E-state index in [2.05, 4.69) is 16.0 Å². The number of anilines is 1. The molecule has 2 rings (SSSR count). The first kappa shape index (κ1) is 11.9. The molecule has 1 aromatic rings. The lowest BCUT2D eigenvalue weighted by molar-refractivity contribution is 0.474. The van der Waals surface area contributed by atoms with Gasteiger partial charge in [-0.3, -0.25) is 4.98 Å². The van der Waals surface area contributed by atoms with E-state index in [0.29, 0.717) is 17.5 Å². The minimum absolute atomic E-state index is 0.441. The lowest BCUT2D eigenvalue weighted by atomic mass is 10.0. The maximum absolute atomic E-state index is 9.10. The van der Waals surface area contributed by atoms with Gasteiger partial charge < -0.3 is 10.6 Å². The number of nitrogens with zero attached hydrogens (tertiary/aromatic N) is 3. The third-order valence-electron chi connectivity index (χ3n) is 3.72. The first-order valence-electron chi connectivity index (χ1n) is 6.05.